The maximum atomic E-state index is 6.42. The number of amidine groups is 2. The highest BCUT2D eigenvalue weighted by Gasteiger charge is 2.15. The fourth-order valence-electron chi connectivity index (χ4n) is 3.35. The Morgan fingerprint density at radius 2 is 1.82 bits per heavy atom. The number of pyridine rings is 1. The molecule has 4 N–H and O–H groups in total. The van der Waals surface area contributed by atoms with Gasteiger partial charge in [-0.05, 0) is 60.0 Å². The van der Waals surface area contributed by atoms with E-state index < -0.39 is 0 Å². The van der Waals surface area contributed by atoms with Crippen molar-refractivity contribution in [1.29, 1.82) is 0 Å². The Morgan fingerprint density at radius 3 is 2.55 bits per heavy atom. The number of nitrogens with zero attached hydrogens (tertiary/aromatic N) is 3. The largest absolute Gasteiger partial charge is 0.405 e. The molecule has 3 rings (SSSR count). The van der Waals surface area contributed by atoms with Crippen LogP contribution in [0.15, 0.2) is 114 Å². The normalized spacial score (nSPS) is 12.5. The van der Waals surface area contributed by atoms with Gasteiger partial charge in [0.05, 0.1) is 6.54 Å². The van der Waals surface area contributed by atoms with Gasteiger partial charge in [-0.2, -0.15) is 0 Å². The van der Waals surface area contributed by atoms with E-state index in [1.807, 2.05) is 49.4 Å². The third-order valence-electron chi connectivity index (χ3n) is 4.96. The second-order valence-corrected chi connectivity index (χ2v) is 7.65. The minimum Gasteiger partial charge on any atom is -0.405 e. The summed E-state index contributed by atoms with van der Waals surface area (Å²) in [6.07, 6.45) is 10.4. The summed E-state index contributed by atoms with van der Waals surface area (Å²) in [5.41, 5.74) is 18.5. The second-order valence-electron chi connectivity index (χ2n) is 7.65. The SMILES string of the molecule is C=C(/C=C\C=C/N)CN=C(N=C(N)c1cncc(C)c1)c1c(C)cccc1-c1ccccc1. The predicted molar refractivity (Wildman–Crippen MR) is 139 cm³/mol. The van der Waals surface area contributed by atoms with Gasteiger partial charge in [-0.1, -0.05) is 67.3 Å². The number of nitrogens with two attached hydrogens (primary N) is 2. The first kappa shape index (κ1) is 23.4. The second kappa shape index (κ2) is 11.4. The zero-order chi connectivity index (χ0) is 23.6. The Bertz CT molecular complexity index is 1230. The average molecular weight is 436 g/mol. The minimum atomic E-state index is 0.361. The average Bonchev–Trinajstić information content (AvgIpc) is 2.82. The fraction of sp³-hybridized carbons (Fsp3) is 0.107. The van der Waals surface area contributed by atoms with Crippen molar-refractivity contribution in [3.05, 3.63) is 126 Å². The van der Waals surface area contributed by atoms with Crippen LogP contribution in [0.2, 0.25) is 0 Å². The third kappa shape index (κ3) is 6.37. The van der Waals surface area contributed by atoms with Crippen molar-refractivity contribution in [2.24, 2.45) is 21.5 Å². The van der Waals surface area contributed by atoms with Gasteiger partial charge >= 0.3 is 0 Å². The first-order valence-corrected chi connectivity index (χ1v) is 10.7. The van der Waals surface area contributed by atoms with Crippen LogP contribution < -0.4 is 11.5 Å². The molecule has 1 aromatic heterocycles. The molecule has 0 bridgehead atoms. The Balaban J connectivity index is 2.13. The van der Waals surface area contributed by atoms with E-state index >= 15 is 0 Å². The van der Waals surface area contributed by atoms with Crippen LogP contribution in [0.3, 0.4) is 0 Å². The van der Waals surface area contributed by atoms with E-state index in [2.05, 4.69) is 42.8 Å². The highest BCUT2D eigenvalue weighted by molar-refractivity contribution is 6.14. The van der Waals surface area contributed by atoms with Gasteiger partial charge in [-0.3, -0.25) is 9.98 Å². The fourth-order valence-corrected chi connectivity index (χ4v) is 3.35. The number of aliphatic imine (C=N–C) groups is 2. The molecule has 5 nitrogen and oxygen atoms in total. The van der Waals surface area contributed by atoms with E-state index in [-0.39, 0.29) is 0 Å². The number of hydrogen-bond acceptors (Lipinski definition) is 3. The molecule has 33 heavy (non-hydrogen) atoms. The summed E-state index contributed by atoms with van der Waals surface area (Å²) in [4.78, 5) is 13.9. The number of aryl methyl sites for hydroxylation is 2. The molecule has 0 radical (unpaired) electrons. The molecular weight excluding hydrogens is 406 g/mol. The lowest BCUT2D eigenvalue weighted by Gasteiger charge is -2.14. The summed E-state index contributed by atoms with van der Waals surface area (Å²) >= 11 is 0. The number of benzene rings is 2. The lowest BCUT2D eigenvalue weighted by Crippen LogP contribution is -2.18. The summed E-state index contributed by atoms with van der Waals surface area (Å²) in [6.45, 7) is 8.48. The minimum absolute atomic E-state index is 0.361. The quantitative estimate of drug-likeness (QED) is 0.307. The van der Waals surface area contributed by atoms with Crippen molar-refractivity contribution in [1.82, 2.24) is 4.98 Å². The Hall–Kier alpha value is -4.25. The Kier molecular flexibility index (Phi) is 8.08. The summed E-state index contributed by atoms with van der Waals surface area (Å²) in [5, 5.41) is 0. The van der Waals surface area contributed by atoms with Crippen LogP contribution in [0.5, 0.6) is 0 Å². The molecule has 0 saturated carbocycles. The molecule has 0 aliphatic heterocycles. The van der Waals surface area contributed by atoms with Crippen LogP contribution in [-0.4, -0.2) is 23.2 Å². The van der Waals surface area contributed by atoms with Gasteiger partial charge in [0.1, 0.15) is 5.84 Å². The molecule has 3 aromatic rings. The first-order chi connectivity index (χ1) is 16.0. The van der Waals surface area contributed by atoms with E-state index in [1.54, 1.807) is 18.5 Å². The zero-order valence-electron chi connectivity index (χ0n) is 19.1. The van der Waals surface area contributed by atoms with Crippen molar-refractivity contribution in [3.8, 4) is 11.1 Å². The molecule has 1 heterocycles. The monoisotopic (exact) mass is 435 g/mol. The Morgan fingerprint density at radius 1 is 1.03 bits per heavy atom. The Labute approximate surface area is 195 Å². The van der Waals surface area contributed by atoms with E-state index in [0.717, 1.165) is 39.0 Å². The lowest BCUT2D eigenvalue weighted by molar-refractivity contribution is 1.17. The van der Waals surface area contributed by atoms with Crippen LogP contribution >= 0.6 is 0 Å². The van der Waals surface area contributed by atoms with Gasteiger partial charge in [-0.15, -0.1) is 0 Å². The van der Waals surface area contributed by atoms with E-state index in [0.29, 0.717) is 18.2 Å². The number of hydrogen-bond donors (Lipinski definition) is 2. The van der Waals surface area contributed by atoms with Gasteiger partial charge in [0.15, 0.2) is 5.84 Å². The van der Waals surface area contributed by atoms with Crippen LogP contribution in [0.4, 0.5) is 0 Å². The molecule has 0 aliphatic rings. The summed E-state index contributed by atoms with van der Waals surface area (Å²) in [6, 6.07) is 18.3. The highest BCUT2D eigenvalue weighted by atomic mass is 15.0. The van der Waals surface area contributed by atoms with Crippen molar-refractivity contribution in [3.63, 3.8) is 0 Å². The number of allylic oxidation sites excluding steroid dienone is 2. The van der Waals surface area contributed by atoms with Gasteiger partial charge < -0.3 is 11.5 Å². The number of aromatic nitrogens is 1. The van der Waals surface area contributed by atoms with Gasteiger partial charge in [0.25, 0.3) is 0 Å². The summed E-state index contributed by atoms with van der Waals surface area (Å²) in [7, 11) is 0. The molecule has 0 saturated heterocycles. The van der Waals surface area contributed by atoms with E-state index in [9.17, 15) is 0 Å². The number of rotatable bonds is 7. The van der Waals surface area contributed by atoms with Gasteiger partial charge in [0.2, 0.25) is 0 Å². The first-order valence-electron chi connectivity index (χ1n) is 10.7. The standard InChI is InChI=1S/C28H29N5/c1-20(10-7-8-15-29)18-32-28(33-27(30)24-16-21(2)17-31-19-24)26-22(3)11-9-14-25(26)23-12-5-4-6-13-23/h4-17,19H,1,18,29H2,2-3H3,(H2,30,32,33)/b10-7-,15-8-. The molecule has 0 atom stereocenters. The van der Waals surface area contributed by atoms with E-state index in [1.165, 1.54) is 6.20 Å². The van der Waals surface area contributed by atoms with Crippen LogP contribution in [0.1, 0.15) is 22.3 Å². The van der Waals surface area contributed by atoms with Crippen LogP contribution in [0, 0.1) is 13.8 Å². The molecule has 5 heteroatoms. The molecule has 166 valence electrons. The van der Waals surface area contributed by atoms with Gasteiger partial charge in [-0.25, -0.2) is 4.99 Å². The lowest BCUT2D eigenvalue weighted by atomic mass is 9.95. The molecule has 0 amide bonds. The van der Waals surface area contributed by atoms with Crippen molar-refractivity contribution in [2.45, 2.75) is 13.8 Å². The maximum Gasteiger partial charge on any atom is 0.158 e. The summed E-state index contributed by atoms with van der Waals surface area (Å²) in [5.74, 6) is 0.911. The van der Waals surface area contributed by atoms with Crippen LogP contribution in [0.25, 0.3) is 11.1 Å². The highest BCUT2D eigenvalue weighted by Crippen LogP contribution is 2.27. The van der Waals surface area contributed by atoms with Crippen molar-refractivity contribution < 1.29 is 0 Å². The van der Waals surface area contributed by atoms with Gasteiger partial charge in [0, 0.05) is 23.5 Å². The molecule has 2 aromatic carbocycles. The topological polar surface area (TPSA) is 89.6 Å². The molecule has 0 unspecified atom stereocenters. The molecule has 0 fully saturated rings. The maximum absolute atomic E-state index is 6.42. The predicted octanol–water partition coefficient (Wildman–Crippen LogP) is 5.10. The molecule has 0 spiro atoms. The molecule has 0 aliphatic carbocycles. The third-order valence-corrected chi connectivity index (χ3v) is 4.96. The van der Waals surface area contributed by atoms with Crippen LogP contribution in [-0.2, 0) is 0 Å². The molecular formula is C28H29N5. The zero-order valence-corrected chi connectivity index (χ0v) is 19.1. The summed E-state index contributed by atoms with van der Waals surface area (Å²) < 4.78 is 0. The smallest absolute Gasteiger partial charge is 0.158 e. The van der Waals surface area contributed by atoms with E-state index in [4.69, 9.17) is 21.5 Å². The van der Waals surface area contributed by atoms with Crippen molar-refractivity contribution in [2.75, 3.05) is 6.54 Å². The van der Waals surface area contributed by atoms with Crippen molar-refractivity contribution >= 4 is 11.7 Å².